The van der Waals surface area contributed by atoms with Crippen molar-refractivity contribution >= 4 is 5.82 Å². The van der Waals surface area contributed by atoms with E-state index >= 15 is 0 Å². The highest BCUT2D eigenvalue weighted by molar-refractivity contribution is 5.40. The molecule has 0 bridgehead atoms. The normalized spacial score (nSPS) is 23.9. The molecule has 4 nitrogen and oxygen atoms in total. The zero-order valence-electron chi connectivity index (χ0n) is 11.5. The summed E-state index contributed by atoms with van der Waals surface area (Å²) in [6.45, 7) is 5.34. The third-order valence-electron chi connectivity index (χ3n) is 3.72. The van der Waals surface area contributed by atoms with Crippen molar-refractivity contribution in [3.8, 4) is 0 Å². The van der Waals surface area contributed by atoms with Crippen LogP contribution in [-0.4, -0.2) is 28.8 Å². The molecular formula is C14H24N4. The fourth-order valence-corrected chi connectivity index (χ4v) is 2.73. The lowest BCUT2D eigenvalue weighted by molar-refractivity contribution is 0.373. The van der Waals surface area contributed by atoms with Gasteiger partial charge in [0.1, 0.15) is 0 Å². The Morgan fingerprint density at radius 1 is 1.33 bits per heavy atom. The largest absolute Gasteiger partial charge is 0.352 e. The minimum absolute atomic E-state index is 0.397. The first-order chi connectivity index (χ1) is 8.70. The van der Waals surface area contributed by atoms with Gasteiger partial charge in [0.2, 0.25) is 0 Å². The molecule has 1 saturated carbocycles. The number of rotatable bonds is 4. The van der Waals surface area contributed by atoms with Crippen molar-refractivity contribution in [3.63, 3.8) is 0 Å². The summed E-state index contributed by atoms with van der Waals surface area (Å²) in [6, 6.07) is 3.12. The van der Waals surface area contributed by atoms with Crippen LogP contribution in [0.3, 0.4) is 0 Å². The molecule has 0 aromatic carbocycles. The molecule has 0 atom stereocenters. The Balaban J connectivity index is 2.12. The molecule has 1 aliphatic rings. The maximum atomic E-state index is 5.99. The number of anilines is 1. The molecule has 18 heavy (non-hydrogen) atoms. The van der Waals surface area contributed by atoms with E-state index in [0.29, 0.717) is 12.1 Å². The van der Waals surface area contributed by atoms with Gasteiger partial charge in [-0.25, -0.2) is 0 Å². The van der Waals surface area contributed by atoms with Crippen molar-refractivity contribution in [1.82, 2.24) is 10.2 Å². The van der Waals surface area contributed by atoms with E-state index in [-0.39, 0.29) is 0 Å². The Labute approximate surface area is 110 Å². The molecule has 0 aliphatic heterocycles. The Hall–Kier alpha value is -1.16. The van der Waals surface area contributed by atoms with Crippen LogP contribution >= 0.6 is 0 Å². The monoisotopic (exact) mass is 248 g/mol. The highest BCUT2D eigenvalue weighted by Gasteiger charge is 2.24. The molecule has 1 heterocycles. The predicted molar refractivity (Wildman–Crippen MR) is 74.6 cm³/mol. The van der Waals surface area contributed by atoms with Crippen molar-refractivity contribution < 1.29 is 0 Å². The van der Waals surface area contributed by atoms with Crippen molar-refractivity contribution in [1.29, 1.82) is 0 Å². The smallest absolute Gasteiger partial charge is 0.151 e. The summed E-state index contributed by atoms with van der Waals surface area (Å²) in [6.07, 6.45) is 7.56. The van der Waals surface area contributed by atoms with E-state index in [1.807, 2.05) is 6.20 Å². The molecule has 2 N–H and O–H groups in total. The van der Waals surface area contributed by atoms with Gasteiger partial charge >= 0.3 is 0 Å². The molecule has 1 fully saturated rings. The Morgan fingerprint density at radius 3 is 2.67 bits per heavy atom. The van der Waals surface area contributed by atoms with Crippen molar-refractivity contribution in [2.45, 2.75) is 58.0 Å². The Kier molecular flexibility index (Phi) is 4.53. The highest BCUT2D eigenvalue weighted by Crippen LogP contribution is 2.26. The minimum atomic E-state index is 0.397. The van der Waals surface area contributed by atoms with Gasteiger partial charge in [-0.3, -0.25) is 0 Å². The number of aromatic nitrogens is 2. The standard InChI is InChI=1S/C14H24N4/c1-3-8-18(13-6-4-12(15)5-7-13)14-9-11(2)10-16-17-14/h9-10,12-13H,3-8,15H2,1-2H3. The lowest BCUT2D eigenvalue weighted by Gasteiger charge is -2.36. The zero-order valence-corrected chi connectivity index (χ0v) is 11.5. The minimum Gasteiger partial charge on any atom is -0.352 e. The van der Waals surface area contributed by atoms with Crippen molar-refractivity contribution in [3.05, 3.63) is 17.8 Å². The lowest BCUT2D eigenvalue weighted by atomic mass is 9.90. The molecule has 0 spiro atoms. The molecule has 0 amide bonds. The summed E-state index contributed by atoms with van der Waals surface area (Å²) in [7, 11) is 0. The van der Waals surface area contributed by atoms with E-state index in [1.165, 1.54) is 18.4 Å². The second-order valence-corrected chi connectivity index (χ2v) is 5.35. The topological polar surface area (TPSA) is 55.0 Å². The number of hydrogen-bond acceptors (Lipinski definition) is 4. The maximum absolute atomic E-state index is 5.99. The summed E-state index contributed by atoms with van der Waals surface area (Å²) in [5, 5.41) is 8.38. The molecular weight excluding hydrogens is 224 g/mol. The number of nitrogens with zero attached hydrogens (tertiary/aromatic N) is 3. The van der Waals surface area contributed by atoms with E-state index in [0.717, 1.165) is 31.6 Å². The average Bonchev–Trinajstić information content (AvgIpc) is 2.37. The molecule has 0 unspecified atom stereocenters. The fourth-order valence-electron chi connectivity index (χ4n) is 2.73. The lowest BCUT2D eigenvalue weighted by Crippen LogP contribution is -2.42. The van der Waals surface area contributed by atoms with Crippen LogP contribution in [0.1, 0.15) is 44.6 Å². The van der Waals surface area contributed by atoms with Crippen LogP contribution in [0.15, 0.2) is 12.3 Å². The third-order valence-corrected chi connectivity index (χ3v) is 3.72. The van der Waals surface area contributed by atoms with Gasteiger partial charge in [0.05, 0.1) is 6.20 Å². The second kappa shape index (κ2) is 6.14. The van der Waals surface area contributed by atoms with Crippen molar-refractivity contribution in [2.24, 2.45) is 5.73 Å². The quantitative estimate of drug-likeness (QED) is 0.888. The molecule has 2 rings (SSSR count). The maximum Gasteiger partial charge on any atom is 0.151 e. The number of nitrogens with two attached hydrogens (primary N) is 1. The molecule has 0 radical (unpaired) electrons. The van der Waals surface area contributed by atoms with Gasteiger partial charge in [-0.1, -0.05) is 6.92 Å². The van der Waals surface area contributed by atoms with Crippen LogP contribution in [0.2, 0.25) is 0 Å². The highest BCUT2D eigenvalue weighted by atomic mass is 15.3. The molecule has 100 valence electrons. The first-order valence-corrected chi connectivity index (χ1v) is 7.02. The third kappa shape index (κ3) is 3.19. The number of hydrogen-bond donors (Lipinski definition) is 1. The Bertz CT molecular complexity index is 372. The fraction of sp³-hybridized carbons (Fsp3) is 0.714. The molecule has 0 saturated heterocycles. The van der Waals surface area contributed by atoms with Gasteiger partial charge in [-0.05, 0) is 50.7 Å². The molecule has 1 aromatic rings. The van der Waals surface area contributed by atoms with Crippen LogP contribution < -0.4 is 10.6 Å². The average molecular weight is 248 g/mol. The van der Waals surface area contributed by atoms with E-state index in [4.69, 9.17) is 5.73 Å². The first kappa shape index (κ1) is 13.3. The second-order valence-electron chi connectivity index (χ2n) is 5.35. The molecule has 1 aliphatic carbocycles. The van der Waals surface area contributed by atoms with E-state index < -0.39 is 0 Å². The summed E-state index contributed by atoms with van der Waals surface area (Å²) < 4.78 is 0. The molecule has 1 aromatic heterocycles. The van der Waals surface area contributed by atoms with E-state index in [2.05, 4.69) is 35.0 Å². The van der Waals surface area contributed by atoms with Gasteiger partial charge in [-0.2, -0.15) is 5.10 Å². The van der Waals surface area contributed by atoms with Gasteiger partial charge in [0, 0.05) is 18.6 Å². The van der Waals surface area contributed by atoms with E-state index in [1.54, 1.807) is 0 Å². The van der Waals surface area contributed by atoms with Gasteiger partial charge in [0.15, 0.2) is 5.82 Å². The van der Waals surface area contributed by atoms with Crippen LogP contribution in [0, 0.1) is 6.92 Å². The number of aryl methyl sites for hydroxylation is 1. The summed E-state index contributed by atoms with van der Waals surface area (Å²) in [5.41, 5.74) is 7.16. The Morgan fingerprint density at radius 2 is 2.06 bits per heavy atom. The van der Waals surface area contributed by atoms with Gasteiger partial charge in [0.25, 0.3) is 0 Å². The van der Waals surface area contributed by atoms with E-state index in [9.17, 15) is 0 Å². The van der Waals surface area contributed by atoms with Crippen LogP contribution in [-0.2, 0) is 0 Å². The van der Waals surface area contributed by atoms with Crippen molar-refractivity contribution in [2.75, 3.05) is 11.4 Å². The van der Waals surface area contributed by atoms with Gasteiger partial charge in [-0.15, -0.1) is 5.10 Å². The zero-order chi connectivity index (χ0) is 13.0. The summed E-state index contributed by atoms with van der Waals surface area (Å²) >= 11 is 0. The summed E-state index contributed by atoms with van der Waals surface area (Å²) in [5.74, 6) is 1.03. The first-order valence-electron chi connectivity index (χ1n) is 7.02. The van der Waals surface area contributed by atoms with Crippen LogP contribution in [0.25, 0.3) is 0 Å². The van der Waals surface area contributed by atoms with Crippen LogP contribution in [0.5, 0.6) is 0 Å². The SMILES string of the molecule is CCCN(c1cc(C)cnn1)C1CCC(N)CC1. The predicted octanol–water partition coefficient (Wildman–Crippen LogP) is 2.27. The molecule has 4 heteroatoms. The van der Waals surface area contributed by atoms with Crippen LogP contribution in [0.4, 0.5) is 5.82 Å². The summed E-state index contributed by atoms with van der Waals surface area (Å²) in [4.78, 5) is 2.42. The van der Waals surface area contributed by atoms with Gasteiger partial charge < -0.3 is 10.6 Å².